The predicted octanol–water partition coefficient (Wildman–Crippen LogP) is 2.74. The number of phenols is 1. The van der Waals surface area contributed by atoms with Crippen molar-refractivity contribution >= 4 is 5.91 Å². The highest BCUT2D eigenvalue weighted by Crippen LogP contribution is 2.56. The SMILES string of the molecule is O=C(N[C@@H]1[C@@H]2Cc3ccccc3[C@@H]21)c1c(F)ccc(O)c1F. The van der Waals surface area contributed by atoms with Gasteiger partial charge >= 0.3 is 0 Å². The van der Waals surface area contributed by atoms with Crippen LogP contribution in [0.3, 0.4) is 0 Å². The number of rotatable bonds is 2. The Morgan fingerprint density at radius 3 is 2.77 bits per heavy atom. The first-order valence-electron chi connectivity index (χ1n) is 7.13. The van der Waals surface area contributed by atoms with Crippen LogP contribution in [-0.2, 0) is 6.42 Å². The van der Waals surface area contributed by atoms with Gasteiger partial charge in [0.1, 0.15) is 11.4 Å². The van der Waals surface area contributed by atoms with Crippen LogP contribution in [0.25, 0.3) is 0 Å². The Hall–Kier alpha value is -2.43. The molecule has 5 heteroatoms. The van der Waals surface area contributed by atoms with Crippen molar-refractivity contribution in [1.29, 1.82) is 0 Å². The molecule has 2 N–H and O–H groups in total. The molecule has 1 amide bonds. The van der Waals surface area contributed by atoms with Gasteiger partial charge < -0.3 is 10.4 Å². The maximum absolute atomic E-state index is 13.8. The van der Waals surface area contributed by atoms with E-state index in [4.69, 9.17) is 0 Å². The van der Waals surface area contributed by atoms with Crippen LogP contribution in [-0.4, -0.2) is 17.1 Å². The molecule has 4 rings (SSSR count). The molecule has 3 atom stereocenters. The van der Waals surface area contributed by atoms with Crippen molar-refractivity contribution in [3.63, 3.8) is 0 Å². The Kier molecular flexibility index (Phi) is 2.73. The van der Waals surface area contributed by atoms with Crippen molar-refractivity contribution in [2.75, 3.05) is 0 Å². The van der Waals surface area contributed by atoms with E-state index in [1.165, 1.54) is 11.1 Å². The largest absolute Gasteiger partial charge is 0.505 e. The molecule has 0 radical (unpaired) electrons. The van der Waals surface area contributed by atoms with Crippen molar-refractivity contribution < 1.29 is 18.7 Å². The first-order valence-corrected chi connectivity index (χ1v) is 7.13. The van der Waals surface area contributed by atoms with E-state index in [2.05, 4.69) is 11.4 Å². The van der Waals surface area contributed by atoms with Crippen LogP contribution < -0.4 is 5.32 Å². The highest BCUT2D eigenvalue weighted by molar-refractivity contribution is 5.95. The number of carbonyl (C=O) groups excluding carboxylic acids is 1. The Bertz CT molecular complexity index is 790. The lowest BCUT2D eigenvalue weighted by atomic mass is 10.0. The molecule has 0 saturated heterocycles. The summed E-state index contributed by atoms with van der Waals surface area (Å²) in [7, 11) is 0. The first kappa shape index (κ1) is 13.2. The molecule has 2 aliphatic carbocycles. The summed E-state index contributed by atoms with van der Waals surface area (Å²) in [5.41, 5.74) is 1.76. The molecule has 112 valence electrons. The minimum absolute atomic E-state index is 0.0939. The number of carbonyl (C=O) groups is 1. The second-order valence-electron chi connectivity index (χ2n) is 5.85. The van der Waals surface area contributed by atoms with Crippen molar-refractivity contribution in [2.45, 2.75) is 18.4 Å². The van der Waals surface area contributed by atoms with Gasteiger partial charge in [0, 0.05) is 12.0 Å². The van der Waals surface area contributed by atoms with E-state index in [9.17, 15) is 18.7 Å². The molecular formula is C17H13F2NO2. The number of hydrogen-bond acceptors (Lipinski definition) is 2. The summed E-state index contributed by atoms with van der Waals surface area (Å²) in [4.78, 5) is 12.1. The summed E-state index contributed by atoms with van der Waals surface area (Å²) in [6.07, 6.45) is 0.872. The number of fused-ring (bicyclic) bond motifs is 3. The second kappa shape index (κ2) is 4.53. The molecule has 0 aromatic heterocycles. The number of amides is 1. The van der Waals surface area contributed by atoms with Gasteiger partial charge in [0.25, 0.3) is 5.91 Å². The van der Waals surface area contributed by atoms with E-state index >= 15 is 0 Å². The Morgan fingerprint density at radius 2 is 1.95 bits per heavy atom. The Labute approximate surface area is 125 Å². The molecule has 1 fully saturated rings. The van der Waals surface area contributed by atoms with Gasteiger partial charge in [-0.05, 0) is 35.6 Å². The van der Waals surface area contributed by atoms with Crippen LogP contribution >= 0.6 is 0 Å². The average molecular weight is 301 g/mol. The number of halogens is 2. The fourth-order valence-corrected chi connectivity index (χ4v) is 3.52. The van der Waals surface area contributed by atoms with Crippen molar-refractivity contribution in [1.82, 2.24) is 5.32 Å². The van der Waals surface area contributed by atoms with E-state index in [0.717, 1.165) is 18.6 Å². The van der Waals surface area contributed by atoms with Crippen LogP contribution in [0.5, 0.6) is 5.75 Å². The van der Waals surface area contributed by atoms with Gasteiger partial charge in [-0.1, -0.05) is 24.3 Å². The fourth-order valence-electron chi connectivity index (χ4n) is 3.52. The zero-order valence-corrected chi connectivity index (χ0v) is 11.5. The molecule has 0 heterocycles. The number of nitrogens with one attached hydrogen (secondary N) is 1. The van der Waals surface area contributed by atoms with Gasteiger partial charge in [-0.3, -0.25) is 4.79 Å². The maximum atomic E-state index is 13.8. The summed E-state index contributed by atoms with van der Waals surface area (Å²) in [6, 6.07) is 9.71. The molecule has 2 aromatic carbocycles. The van der Waals surface area contributed by atoms with Gasteiger partial charge in [-0.15, -0.1) is 0 Å². The van der Waals surface area contributed by atoms with Gasteiger partial charge in [0.2, 0.25) is 0 Å². The topological polar surface area (TPSA) is 49.3 Å². The summed E-state index contributed by atoms with van der Waals surface area (Å²) in [5, 5.41) is 12.0. The highest BCUT2D eigenvalue weighted by atomic mass is 19.1. The smallest absolute Gasteiger partial charge is 0.257 e. The quantitative estimate of drug-likeness (QED) is 0.896. The van der Waals surface area contributed by atoms with Crippen LogP contribution in [0.4, 0.5) is 8.78 Å². The molecule has 22 heavy (non-hydrogen) atoms. The molecule has 2 aromatic rings. The van der Waals surface area contributed by atoms with Crippen molar-refractivity contribution in [3.8, 4) is 5.75 Å². The van der Waals surface area contributed by atoms with Gasteiger partial charge in [-0.2, -0.15) is 0 Å². The van der Waals surface area contributed by atoms with Crippen LogP contribution in [0.15, 0.2) is 36.4 Å². The van der Waals surface area contributed by atoms with Gasteiger partial charge in [0.05, 0.1) is 0 Å². The summed E-state index contributed by atoms with van der Waals surface area (Å²) >= 11 is 0. The number of benzene rings is 2. The molecule has 0 unspecified atom stereocenters. The Morgan fingerprint density at radius 1 is 1.18 bits per heavy atom. The summed E-state index contributed by atoms with van der Waals surface area (Å²) in [6.45, 7) is 0. The third kappa shape index (κ3) is 1.81. The predicted molar refractivity (Wildman–Crippen MR) is 75.7 cm³/mol. The second-order valence-corrected chi connectivity index (χ2v) is 5.85. The van der Waals surface area contributed by atoms with Crippen LogP contribution in [0.1, 0.15) is 27.4 Å². The lowest BCUT2D eigenvalue weighted by Gasteiger charge is -2.11. The van der Waals surface area contributed by atoms with Crippen molar-refractivity contribution in [2.24, 2.45) is 5.92 Å². The normalized spacial score (nSPS) is 24.5. The zero-order chi connectivity index (χ0) is 15.4. The minimum atomic E-state index is -1.22. The van der Waals surface area contributed by atoms with E-state index < -0.39 is 28.9 Å². The maximum Gasteiger partial charge on any atom is 0.257 e. The molecule has 0 aliphatic heterocycles. The summed E-state index contributed by atoms with van der Waals surface area (Å²) in [5.74, 6) is -3.22. The molecule has 0 spiro atoms. The van der Waals surface area contributed by atoms with E-state index in [0.29, 0.717) is 5.92 Å². The number of phenolic OH excluding ortho intramolecular Hbond substituents is 1. The standard InChI is InChI=1S/C17H13F2NO2/c18-11-5-6-12(21)15(19)14(11)17(22)20-16-10-7-8-3-1-2-4-9(8)13(10)16/h1-6,10,13,16,21H,7H2,(H,20,22)/t10-,13+,16-/m1/s1. The molecular weight excluding hydrogens is 288 g/mol. The summed E-state index contributed by atoms with van der Waals surface area (Å²) < 4.78 is 27.4. The van der Waals surface area contributed by atoms with Gasteiger partial charge in [0.15, 0.2) is 11.6 Å². The molecule has 3 nitrogen and oxygen atoms in total. The number of aromatic hydroxyl groups is 1. The fraction of sp³-hybridized carbons (Fsp3) is 0.235. The molecule has 0 bridgehead atoms. The van der Waals surface area contributed by atoms with Gasteiger partial charge in [-0.25, -0.2) is 8.78 Å². The van der Waals surface area contributed by atoms with E-state index in [-0.39, 0.29) is 12.0 Å². The van der Waals surface area contributed by atoms with Crippen LogP contribution in [0, 0.1) is 17.6 Å². The highest BCUT2D eigenvalue weighted by Gasteiger charge is 2.56. The minimum Gasteiger partial charge on any atom is -0.505 e. The van der Waals surface area contributed by atoms with E-state index in [1.807, 2.05) is 18.2 Å². The zero-order valence-electron chi connectivity index (χ0n) is 11.5. The van der Waals surface area contributed by atoms with E-state index in [1.54, 1.807) is 0 Å². The molecule has 2 aliphatic rings. The third-order valence-corrected chi connectivity index (χ3v) is 4.63. The molecule has 1 saturated carbocycles. The van der Waals surface area contributed by atoms with Crippen molar-refractivity contribution in [3.05, 3.63) is 64.7 Å². The third-order valence-electron chi connectivity index (χ3n) is 4.63. The lowest BCUT2D eigenvalue weighted by molar-refractivity contribution is 0.0938. The first-order chi connectivity index (χ1) is 10.6. The lowest BCUT2D eigenvalue weighted by Crippen LogP contribution is -2.30. The Balaban J connectivity index is 1.56. The van der Waals surface area contributed by atoms with Crippen LogP contribution in [0.2, 0.25) is 0 Å². The average Bonchev–Trinajstić information content (AvgIpc) is 3.01. The number of hydrogen-bond donors (Lipinski definition) is 2. The monoisotopic (exact) mass is 301 g/mol.